The summed E-state index contributed by atoms with van der Waals surface area (Å²) < 4.78 is 0. The predicted molar refractivity (Wildman–Crippen MR) is 84.9 cm³/mol. The normalized spacial score (nSPS) is 15.4. The molecule has 114 valence electrons. The number of aliphatic carboxylic acids is 1. The summed E-state index contributed by atoms with van der Waals surface area (Å²) in [5.41, 5.74) is 0.594. The molecule has 5 nitrogen and oxygen atoms in total. The van der Waals surface area contributed by atoms with Crippen LogP contribution in [-0.4, -0.2) is 41.7 Å². The largest absolute Gasteiger partial charge is 0.480 e. The van der Waals surface area contributed by atoms with Crippen molar-refractivity contribution in [2.75, 3.05) is 29.5 Å². The number of anilines is 1. The Morgan fingerprint density at radius 2 is 1.90 bits per heavy atom. The zero-order valence-electron chi connectivity index (χ0n) is 11.8. The molecule has 0 unspecified atom stereocenters. The van der Waals surface area contributed by atoms with Gasteiger partial charge < -0.3 is 10.4 Å². The van der Waals surface area contributed by atoms with E-state index in [1.54, 1.807) is 24.3 Å². The average molecular weight is 308 g/mol. The van der Waals surface area contributed by atoms with E-state index < -0.39 is 5.97 Å². The van der Waals surface area contributed by atoms with Crippen LogP contribution in [0.25, 0.3) is 0 Å². The lowest BCUT2D eigenvalue weighted by atomic mass is 10.0. The van der Waals surface area contributed by atoms with Crippen LogP contribution in [-0.2, 0) is 4.79 Å². The van der Waals surface area contributed by atoms with Crippen LogP contribution in [0.15, 0.2) is 30.3 Å². The Hall–Kier alpha value is -1.69. The molecule has 21 heavy (non-hydrogen) atoms. The molecule has 0 spiro atoms. The van der Waals surface area contributed by atoms with E-state index in [4.69, 9.17) is 5.11 Å². The van der Waals surface area contributed by atoms with Crippen molar-refractivity contribution in [3.05, 3.63) is 30.3 Å². The van der Waals surface area contributed by atoms with Gasteiger partial charge in [0.2, 0.25) is 0 Å². The van der Waals surface area contributed by atoms with Crippen molar-refractivity contribution < 1.29 is 14.7 Å². The maximum Gasteiger partial charge on any atom is 0.323 e. The lowest BCUT2D eigenvalue weighted by molar-refractivity contribution is -0.135. The van der Waals surface area contributed by atoms with Gasteiger partial charge in [-0.1, -0.05) is 18.2 Å². The number of thioether (sulfide) groups is 1. The highest BCUT2D eigenvalue weighted by atomic mass is 32.2. The van der Waals surface area contributed by atoms with Gasteiger partial charge in [0.1, 0.15) is 6.54 Å². The molecule has 0 radical (unpaired) electrons. The fourth-order valence-electron chi connectivity index (χ4n) is 2.30. The van der Waals surface area contributed by atoms with Crippen molar-refractivity contribution in [1.29, 1.82) is 0 Å². The van der Waals surface area contributed by atoms with Gasteiger partial charge in [-0.3, -0.25) is 9.69 Å². The number of carbonyl (C=O) groups excluding carboxylic acids is 1. The third kappa shape index (κ3) is 4.97. The standard InChI is InChI=1S/C15H20N2O3S/c18-14(19)11-17(13-4-2-1-3-5-13)15(20)16-10-12-6-8-21-9-7-12/h1-5,12H,6-11H2,(H,16,20)(H,18,19). The molecular weight excluding hydrogens is 288 g/mol. The molecule has 0 aromatic heterocycles. The zero-order chi connectivity index (χ0) is 15.1. The molecule has 0 bridgehead atoms. The highest BCUT2D eigenvalue weighted by molar-refractivity contribution is 7.99. The van der Waals surface area contributed by atoms with E-state index in [9.17, 15) is 9.59 Å². The first-order valence-electron chi connectivity index (χ1n) is 7.07. The fraction of sp³-hybridized carbons (Fsp3) is 0.467. The van der Waals surface area contributed by atoms with Gasteiger partial charge in [0, 0.05) is 12.2 Å². The second kappa shape index (κ2) is 7.93. The first kappa shape index (κ1) is 15.7. The summed E-state index contributed by atoms with van der Waals surface area (Å²) in [7, 11) is 0. The summed E-state index contributed by atoms with van der Waals surface area (Å²) >= 11 is 1.94. The maximum absolute atomic E-state index is 12.3. The minimum absolute atomic E-state index is 0.337. The third-order valence-electron chi connectivity index (χ3n) is 3.49. The van der Waals surface area contributed by atoms with E-state index in [1.165, 1.54) is 4.90 Å². The molecule has 1 aromatic carbocycles. The summed E-state index contributed by atoms with van der Waals surface area (Å²) in [6, 6.07) is 8.53. The summed E-state index contributed by atoms with van der Waals surface area (Å²) in [6.07, 6.45) is 2.21. The number of hydrogen-bond acceptors (Lipinski definition) is 3. The van der Waals surface area contributed by atoms with Crippen LogP contribution in [0.3, 0.4) is 0 Å². The second-order valence-corrected chi connectivity index (χ2v) is 6.28. The number of hydrogen-bond donors (Lipinski definition) is 2. The number of carboxylic acid groups (broad SMARTS) is 1. The average Bonchev–Trinajstić information content (AvgIpc) is 2.52. The van der Waals surface area contributed by atoms with Crippen molar-refractivity contribution in [1.82, 2.24) is 5.32 Å². The van der Waals surface area contributed by atoms with E-state index in [-0.39, 0.29) is 12.6 Å². The lowest BCUT2D eigenvalue weighted by Gasteiger charge is -2.25. The van der Waals surface area contributed by atoms with Crippen molar-refractivity contribution >= 4 is 29.4 Å². The van der Waals surface area contributed by atoms with Crippen molar-refractivity contribution in [3.8, 4) is 0 Å². The molecule has 1 aliphatic heterocycles. The first-order valence-corrected chi connectivity index (χ1v) is 8.22. The Bertz CT molecular complexity index is 475. The zero-order valence-corrected chi connectivity index (χ0v) is 12.6. The van der Waals surface area contributed by atoms with Gasteiger partial charge in [0.25, 0.3) is 0 Å². The van der Waals surface area contributed by atoms with Crippen LogP contribution >= 0.6 is 11.8 Å². The number of carboxylic acids is 1. The Morgan fingerprint density at radius 1 is 1.24 bits per heavy atom. The molecule has 2 amide bonds. The molecule has 0 atom stereocenters. The van der Waals surface area contributed by atoms with Crippen LogP contribution in [0.2, 0.25) is 0 Å². The Kier molecular flexibility index (Phi) is 5.92. The number of nitrogens with zero attached hydrogens (tertiary/aromatic N) is 1. The maximum atomic E-state index is 12.3. The fourth-order valence-corrected chi connectivity index (χ4v) is 3.51. The smallest absolute Gasteiger partial charge is 0.323 e. The number of benzene rings is 1. The molecule has 1 heterocycles. The Morgan fingerprint density at radius 3 is 2.52 bits per heavy atom. The highest BCUT2D eigenvalue weighted by Crippen LogP contribution is 2.22. The van der Waals surface area contributed by atoms with Gasteiger partial charge in [-0.05, 0) is 42.4 Å². The van der Waals surface area contributed by atoms with Gasteiger partial charge in [-0.15, -0.1) is 0 Å². The quantitative estimate of drug-likeness (QED) is 0.876. The molecule has 1 fully saturated rings. The topological polar surface area (TPSA) is 69.6 Å². The van der Waals surface area contributed by atoms with Crippen LogP contribution in [0, 0.1) is 5.92 Å². The van der Waals surface area contributed by atoms with Crippen molar-refractivity contribution in [2.24, 2.45) is 5.92 Å². The molecule has 1 aliphatic rings. The van der Waals surface area contributed by atoms with Gasteiger partial charge in [0.05, 0.1) is 0 Å². The summed E-state index contributed by atoms with van der Waals surface area (Å²) in [5, 5.41) is 11.9. The van der Waals surface area contributed by atoms with E-state index >= 15 is 0 Å². The van der Waals surface area contributed by atoms with Crippen molar-refractivity contribution in [2.45, 2.75) is 12.8 Å². The van der Waals surface area contributed by atoms with E-state index in [0.717, 1.165) is 24.3 Å². The molecule has 6 heteroatoms. The van der Waals surface area contributed by atoms with Gasteiger partial charge >= 0.3 is 12.0 Å². The van der Waals surface area contributed by atoms with Gasteiger partial charge in [0.15, 0.2) is 0 Å². The minimum Gasteiger partial charge on any atom is -0.480 e. The van der Waals surface area contributed by atoms with Crippen LogP contribution in [0.4, 0.5) is 10.5 Å². The van der Waals surface area contributed by atoms with Gasteiger partial charge in [-0.2, -0.15) is 11.8 Å². The minimum atomic E-state index is -1.02. The summed E-state index contributed by atoms with van der Waals surface area (Å²) in [5.74, 6) is 1.75. The van der Waals surface area contributed by atoms with Crippen LogP contribution < -0.4 is 10.2 Å². The van der Waals surface area contributed by atoms with E-state index in [2.05, 4.69) is 5.32 Å². The van der Waals surface area contributed by atoms with Crippen molar-refractivity contribution in [3.63, 3.8) is 0 Å². The number of nitrogens with one attached hydrogen (secondary N) is 1. The SMILES string of the molecule is O=C(O)CN(C(=O)NCC1CCSCC1)c1ccccc1. The van der Waals surface area contributed by atoms with Gasteiger partial charge in [-0.25, -0.2) is 4.79 Å². The molecule has 1 aromatic rings. The van der Waals surface area contributed by atoms with Crippen LogP contribution in [0.1, 0.15) is 12.8 Å². The third-order valence-corrected chi connectivity index (χ3v) is 4.54. The Labute approximate surface area is 128 Å². The molecule has 0 saturated carbocycles. The summed E-state index contributed by atoms with van der Waals surface area (Å²) in [6.45, 7) is 0.276. The number of urea groups is 1. The molecule has 1 saturated heterocycles. The Balaban J connectivity index is 1.95. The number of carbonyl (C=O) groups is 2. The number of amides is 2. The number of para-hydroxylation sites is 1. The first-order chi connectivity index (χ1) is 10.2. The van der Waals surface area contributed by atoms with E-state index in [0.29, 0.717) is 18.2 Å². The molecule has 2 rings (SSSR count). The number of rotatable bonds is 5. The second-order valence-electron chi connectivity index (χ2n) is 5.06. The monoisotopic (exact) mass is 308 g/mol. The highest BCUT2D eigenvalue weighted by Gasteiger charge is 2.20. The predicted octanol–water partition coefficient (Wildman–Crippen LogP) is 2.43. The molecule has 2 N–H and O–H groups in total. The summed E-state index contributed by atoms with van der Waals surface area (Å²) in [4.78, 5) is 24.5. The van der Waals surface area contributed by atoms with E-state index in [1.807, 2.05) is 17.8 Å². The molecular formula is C15H20N2O3S. The van der Waals surface area contributed by atoms with Crippen LogP contribution in [0.5, 0.6) is 0 Å². The molecule has 0 aliphatic carbocycles. The lowest BCUT2D eigenvalue weighted by Crippen LogP contribution is -2.44.